The zero-order valence-corrected chi connectivity index (χ0v) is 11.9. The minimum absolute atomic E-state index is 0.241. The summed E-state index contributed by atoms with van der Waals surface area (Å²) in [5, 5.41) is 0. The zero-order chi connectivity index (χ0) is 13.1. The number of nitrogens with two attached hydrogens (primary N) is 1. The Morgan fingerprint density at radius 2 is 2.22 bits per heavy atom. The van der Waals surface area contributed by atoms with Gasteiger partial charge >= 0.3 is 0 Å². The van der Waals surface area contributed by atoms with Crippen molar-refractivity contribution in [3.63, 3.8) is 0 Å². The van der Waals surface area contributed by atoms with E-state index in [0.717, 1.165) is 12.5 Å². The van der Waals surface area contributed by atoms with E-state index in [0.29, 0.717) is 0 Å². The molecule has 100 valence electrons. The van der Waals surface area contributed by atoms with Crippen LogP contribution in [0.3, 0.4) is 0 Å². The summed E-state index contributed by atoms with van der Waals surface area (Å²) in [6, 6.07) is 7.83. The van der Waals surface area contributed by atoms with E-state index in [1.54, 1.807) is 0 Å². The van der Waals surface area contributed by atoms with Gasteiger partial charge in [0.05, 0.1) is 0 Å². The number of hydrogen-bond donors (Lipinski definition) is 1. The quantitative estimate of drug-likeness (QED) is 0.883. The maximum Gasteiger partial charge on any atom is 0.0398 e. The van der Waals surface area contributed by atoms with Gasteiger partial charge in [0.2, 0.25) is 0 Å². The molecule has 1 aliphatic heterocycles. The average molecular weight is 246 g/mol. The molecule has 1 fully saturated rings. The van der Waals surface area contributed by atoms with E-state index in [2.05, 4.69) is 43.9 Å². The van der Waals surface area contributed by atoms with E-state index in [4.69, 9.17) is 5.73 Å². The predicted molar refractivity (Wildman–Crippen MR) is 79.2 cm³/mol. The molecule has 0 saturated carbocycles. The van der Waals surface area contributed by atoms with Crippen molar-refractivity contribution in [3.8, 4) is 0 Å². The minimum atomic E-state index is 0.241. The second-order valence-corrected chi connectivity index (χ2v) is 5.70. The van der Waals surface area contributed by atoms with Gasteiger partial charge in [0.25, 0.3) is 0 Å². The highest BCUT2D eigenvalue weighted by Gasteiger charge is 2.23. The molecular formula is C16H26N2. The molecule has 1 aromatic rings. The van der Waals surface area contributed by atoms with Crippen molar-refractivity contribution in [2.45, 2.75) is 58.5 Å². The Kier molecular flexibility index (Phi) is 4.28. The van der Waals surface area contributed by atoms with Gasteiger partial charge in [-0.25, -0.2) is 0 Å². The molecule has 2 N–H and O–H groups in total. The molecule has 0 bridgehead atoms. The van der Waals surface area contributed by atoms with Crippen LogP contribution < -0.4 is 10.6 Å². The van der Waals surface area contributed by atoms with Gasteiger partial charge in [-0.15, -0.1) is 0 Å². The predicted octanol–water partition coefficient (Wildman–Crippen LogP) is 3.26. The van der Waals surface area contributed by atoms with E-state index in [1.807, 2.05) is 0 Å². The highest BCUT2D eigenvalue weighted by atomic mass is 15.2. The fourth-order valence-electron chi connectivity index (χ4n) is 3.12. The van der Waals surface area contributed by atoms with Crippen LogP contribution in [0, 0.1) is 6.92 Å². The molecule has 2 heteroatoms. The molecule has 0 aliphatic carbocycles. The standard InChI is InChI=1S/C16H26N2/c1-4-15-6-5-9-18(15)16-8-7-14(10-12(16)2)11-13(3)17/h7-8,10,13,15H,4-6,9,11,17H2,1-3H3. The molecule has 0 amide bonds. The van der Waals surface area contributed by atoms with E-state index >= 15 is 0 Å². The van der Waals surface area contributed by atoms with Gasteiger partial charge in [0, 0.05) is 24.3 Å². The highest BCUT2D eigenvalue weighted by molar-refractivity contribution is 5.56. The third-order valence-corrected chi connectivity index (χ3v) is 3.98. The molecule has 1 aliphatic rings. The van der Waals surface area contributed by atoms with Crippen LogP contribution in [-0.2, 0) is 6.42 Å². The lowest BCUT2D eigenvalue weighted by Gasteiger charge is -2.28. The molecule has 1 aromatic carbocycles. The Hall–Kier alpha value is -1.02. The van der Waals surface area contributed by atoms with Crippen LogP contribution >= 0.6 is 0 Å². The first-order valence-electron chi connectivity index (χ1n) is 7.23. The largest absolute Gasteiger partial charge is 0.368 e. The Balaban J connectivity index is 2.19. The van der Waals surface area contributed by atoms with Crippen LogP contribution in [0.2, 0.25) is 0 Å². The topological polar surface area (TPSA) is 29.3 Å². The van der Waals surface area contributed by atoms with Crippen molar-refractivity contribution in [1.82, 2.24) is 0 Å². The second-order valence-electron chi connectivity index (χ2n) is 5.70. The second kappa shape index (κ2) is 5.75. The summed E-state index contributed by atoms with van der Waals surface area (Å²) in [7, 11) is 0. The van der Waals surface area contributed by atoms with Gasteiger partial charge in [-0.2, -0.15) is 0 Å². The van der Waals surface area contributed by atoms with Gasteiger partial charge in [-0.05, 0) is 56.7 Å². The van der Waals surface area contributed by atoms with Gasteiger partial charge < -0.3 is 10.6 Å². The van der Waals surface area contributed by atoms with Crippen molar-refractivity contribution in [2.24, 2.45) is 5.73 Å². The fraction of sp³-hybridized carbons (Fsp3) is 0.625. The van der Waals surface area contributed by atoms with Crippen molar-refractivity contribution < 1.29 is 0 Å². The molecule has 0 spiro atoms. The van der Waals surface area contributed by atoms with Crippen molar-refractivity contribution >= 4 is 5.69 Å². The summed E-state index contributed by atoms with van der Waals surface area (Å²) < 4.78 is 0. The summed E-state index contributed by atoms with van der Waals surface area (Å²) in [5.41, 5.74) is 10.0. The first kappa shape index (κ1) is 13.4. The maximum atomic E-state index is 5.87. The molecule has 0 aromatic heterocycles. The molecule has 18 heavy (non-hydrogen) atoms. The minimum Gasteiger partial charge on any atom is -0.368 e. The molecule has 2 nitrogen and oxygen atoms in total. The van der Waals surface area contributed by atoms with Gasteiger partial charge in [-0.1, -0.05) is 19.1 Å². The summed E-state index contributed by atoms with van der Waals surface area (Å²) in [6.45, 7) is 7.80. The highest BCUT2D eigenvalue weighted by Crippen LogP contribution is 2.30. The summed E-state index contributed by atoms with van der Waals surface area (Å²) in [6.07, 6.45) is 4.90. The van der Waals surface area contributed by atoms with Crippen molar-refractivity contribution in [3.05, 3.63) is 29.3 Å². The van der Waals surface area contributed by atoms with Gasteiger partial charge in [0.15, 0.2) is 0 Å². The van der Waals surface area contributed by atoms with Crippen LogP contribution in [0.25, 0.3) is 0 Å². The number of rotatable bonds is 4. The molecule has 0 radical (unpaired) electrons. The molecule has 1 heterocycles. The van der Waals surface area contributed by atoms with Crippen LogP contribution in [0.4, 0.5) is 5.69 Å². The fourth-order valence-corrected chi connectivity index (χ4v) is 3.12. The van der Waals surface area contributed by atoms with Crippen molar-refractivity contribution in [2.75, 3.05) is 11.4 Å². The van der Waals surface area contributed by atoms with E-state index in [1.165, 1.54) is 42.6 Å². The average Bonchev–Trinajstić information content (AvgIpc) is 2.76. The number of aryl methyl sites for hydroxylation is 1. The lowest BCUT2D eigenvalue weighted by Crippen LogP contribution is -2.29. The molecular weight excluding hydrogens is 220 g/mol. The normalized spacial score (nSPS) is 21.3. The molecule has 2 atom stereocenters. The zero-order valence-electron chi connectivity index (χ0n) is 11.9. The van der Waals surface area contributed by atoms with Crippen LogP contribution in [0.5, 0.6) is 0 Å². The Morgan fingerprint density at radius 1 is 1.44 bits per heavy atom. The summed E-state index contributed by atoms with van der Waals surface area (Å²) in [5.74, 6) is 0. The number of hydrogen-bond acceptors (Lipinski definition) is 2. The van der Waals surface area contributed by atoms with Crippen molar-refractivity contribution in [1.29, 1.82) is 0 Å². The first-order chi connectivity index (χ1) is 8.61. The smallest absolute Gasteiger partial charge is 0.0398 e. The molecule has 1 saturated heterocycles. The summed E-state index contributed by atoms with van der Waals surface area (Å²) >= 11 is 0. The van der Waals surface area contributed by atoms with Crippen LogP contribution in [0.1, 0.15) is 44.2 Å². The summed E-state index contributed by atoms with van der Waals surface area (Å²) in [4.78, 5) is 2.59. The van der Waals surface area contributed by atoms with Crippen LogP contribution in [0.15, 0.2) is 18.2 Å². The Labute approximate surface area is 111 Å². The monoisotopic (exact) mass is 246 g/mol. The number of anilines is 1. The van der Waals surface area contributed by atoms with Gasteiger partial charge in [0.1, 0.15) is 0 Å². The Morgan fingerprint density at radius 3 is 2.83 bits per heavy atom. The van der Waals surface area contributed by atoms with Crippen LogP contribution in [-0.4, -0.2) is 18.6 Å². The molecule has 2 rings (SSSR count). The third kappa shape index (κ3) is 2.86. The lowest BCUT2D eigenvalue weighted by atomic mass is 10.0. The number of nitrogens with zero attached hydrogens (tertiary/aromatic N) is 1. The third-order valence-electron chi connectivity index (χ3n) is 3.98. The van der Waals surface area contributed by atoms with E-state index in [-0.39, 0.29) is 6.04 Å². The van der Waals surface area contributed by atoms with Gasteiger partial charge in [-0.3, -0.25) is 0 Å². The first-order valence-corrected chi connectivity index (χ1v) is 7.23. The lowest BCUT2D eigenvalue weighted by molar-refractivity contribution is 0.644. The van der Waals surface area contributed by atoms with E-state index in [9.17, 15) is 0 Å². The number of benzene rings is 1. The molecule has 2 unspecified atom stereocenters. The Bertz CT molecular complexity index is 398. The maximum absolute atomic E-state index is 5.87. The van der Waals surface area contributed by atoms with E-state index < -0.39 is 0 Å². The SMILES string of the molecule is CCC1CCCN1c1ccc(CC(C)N)cc1C.